The third kappa shape index (κ3) is 1.76. The molecule has 1 atom stereocenters. The van der Waals surface area contributed by atoms with Crippen molar-refractivity contribution in [1.29, 1.82) is 0 Å². The average molecular weight is 170 g/mol. The lowest BCUT2D eigenvalue weighted by Crippen LogP contribution is -2.12. The van der Waals surface area contributed by atoms with Gasteiger partial charge in [0.05, 0.1) is 0 Å². The van der Waals surface area contributed by atoms with Crippen LogP contribution in [-0.4, -0.2) is 7.05 Å². The molecular weight excluding hydrogens is 162 g/mol. The molecule has 0 fully saturated rings. The summed E-state index contributed by atoms with van der Waals surface area (Å²) in [6.07, 6.45) is 5.21. The summed E-state index contributed by atoms with van der Waals surface area (Å²) in [4.78, 5) is 0. The Balaban J connectivity index is 2.84. The van der Waals surface area contributed by atoms with Crippen molar-refractivity contribution in [3.63, 3.8) is 0 Å². The molecule has 58 valence electrons. The van der Waals surface area contributed by atoms with Crippen LogP contribution in [0.4, 0.5) is 0 Å². The third-order valence-corrected chi connectivity index (χ3v) is 1.54. The highest BCUT2D eigenvalue weighted by Gasteiger charge is 2.08. The Kier molecular flexibility index (Phi) is 2.58. The maximum absolute atomic E-state index is 5.56. The zero-order chi connectivity index (χ0) is 8.27. The zero-order valence-electron chi connectivity index (χ0n) is 6.10. The standard InChI is InChI=1S/C8H8ClNO/c1-3-6(10-2)7-4-5-8(9)11-7/h1,4-6,10H,2H3. The molecule has 1 aromatic rings. The molecular formula is C8H8ClNO. The molecule has 3 heteroatoms. The number of halogens is 1. The normalized spacial score (nSPS) is 12.5. The van der Waals surface area contributed by atoms with Gasteiger partial charge in [-0.1, -0.05) is 5.92 Å². The van der Waals surface area contributed by atoms with Gasteiger partial charge in [-0.15, -0.1) is 6.42 Å². The van der Waals surface area contributed by atoms with Crippen molar-refractivity contribution < 1.29 is 4.42 Å². The van der Waals surface area contributed by atoms with E-state index >= 15 is 0 Å². The number of rotatable bonds is 2. The van der Waals surface area contributed by atoms with Crippen molar-refractivity contribution >= 4 is 11.6 Å². The maximum atomic E-state index is 5.56. The summed E-state index contributed by atoms with van der Waals surface area (Å²) >= 11 is 5.56. The fourth-order valence-electron chi connectivity index (χ4n) is 0.791. The van der Waals surface area contributed by atoms with Crippen LogP contribution in [0.1, 0.15) is 11.8 Å². The van der Waals surface area contributed by atoms with Crippen molar-refractivity contribution in [2.45, 2.75) is 6.04 Å². The van der Waals surface area contributed by atoms with E-state index in [0.717, 1.165) is 0 Å². The first kappa shape index (κ1) is 8.19. The Hall–Kier alpha value is -0.910. The Morgan fingerprint density at radius 2 is 2.45 bits per heavy atom. The molecule has 1 rings (SSSR count). The van der Waals surface area contributed by atoms with Gasteiger partial charge in [-0.05, 0) is 30.8 Å². The van der Waals surface area contributed by atoms with Crippen molar-refractivity contribution in [2.24, 2.45) is 0 Å². The van der Waals surface area contributed by atoms with Gasteiger partial charge in [0.2, 0.25) is 0 Å². The molecule has 0 amide bonds. The van der Waals surface area contributed by atoms with E-state index in [1.54, 1.807) is 19.2 Å². The first-order valence-corrected chi connectivity index (χ1v) is 3.54. The summed E-state index contributed by atoms with van der Waals surface area (Å²) in [7, 11) is 1.76. The Bertz CT molecular complexity index is 274. The quantitative estimate of drug-likeness (QED) is 0.684. The van der Waals surface area contributed by atoms with Gasteiger partial charge in [0, 0.05) is 0 Å². The lowest BCUT2D eigenvalue weighted by molar-refractivity contribution is 0.476. The van der Waals surface area contributed by atoms with E-state index in [9.17, 15) is 0 Å². The minimum absolute atomic E-state index is 0.192. The molecule has 2 nitrogen and oxygen atoms in total. The molecule has 0 aliphatic carbocycles. The summed E-state index contributed by atoms with van der Waals surface area (Å²) in [5, 5.41) is 3.25. The highest BCUT2D eigenvalue weighted by molar-refractivity contribution is 6.28. The molecule has 0 aliphatic rings. The van der Waals surface area contributed by atoms with Crippen LogP contribution < -0.4 is 5.32 Å². The Morgan fingerprint density at radius 3 is 2.82 bits per heavy atom. The topological polar surface area (TPSA) is 25.2 Å². The van der Waals surface area contributed by atoms with Gasteiger partial charge in [0.15, 0.2) is 5.22 Å². The Labute approximate surface area is 70.5 Å². The van der Waals surface area contributed by atoms with Crippen molar-refractivity contribution in [3.8, 4) is 12.3 Å². The van der Waals surface area contributed by atoms with Crippen LogP contribution in [0.3, 0.4) is 0 Å². The molecule has 0 saturated heterocycles. The van der Waals surface area contributed by atoms with Crippen LogP contribution in [0.2, 0.25) is 5.22 Å². The molecule has 1 heterocycles. The Morgan fingerprint density at radius 1 is 1.73 bits per heavy atom. The van der Waals surface area contributed by atoms with Gasteiger partial charge in [-0.3, -0.25) is 0 Å². The summed E-state index contributed by atoms with van der Waals surface area (Å²) in [6, 6.07) is 3.23. The van der Waals surface area contributed by atoms with Crippen LogP contribution in [0.5, 0.6) is 0 Å². The van der Waals surface area contributed by atoms with Gasteiger partial charge in [-0.25, -0.2) is 0 Å². The van der Waals surface area contributed by atoms with Gasteiger partial charge in [0.1, 0.15) is 11.8 Å². The molecule has 0 aliphatic heterocycles. The molecule has 0 bridgehead atoms. The smallest absolute Gasteiger partial charge is 0.193 e. The second kappa shape index (κ2) is 3.47. The van der Waals surface area contributed by atoms with Crippen molar-refractivity contribution in [3.05, 3.63) is 23.1 Å². The molecule has 0 spiro atoms. The maximum Gasteiger partial charge on any atom is 0.193 e. The van der Waals surface area contributed by atoms with Crippen molar-refractivity contribution in [2.75, 3.05) is 7.05 Å². The van der Waals surface area contributed by atoms with E-state index in [4.69, 9.17) is 22.4 Å². The molecule has 0 radical (unpaired) electrons. The molecule has 1 unspecified atom stereocenters. The summed E-state index contributed by atoms with van der Waals surface area (Å²) in [5.41, 5.74) is 0. The number of furan rings is 1. The van der Waals surface area contributed by atoms with E-state index in [2.05, 4.69) is 11.2 Å². The van der Waals surface area contributed by atoms with Crippen LogP contribution in [0.25, 0.3) is 0 Å². The minimum atomic E-state index is -0.192. The SMILES string of the molecule is C#CC(NC)c1ccc(Cl)o1. The van der Waals surface area contributed by atoms with Crippen LogP contribution in [0, 0.1) is 12.3 Å². The predicted octanol–water partition coefficient (Wildman–Crippen LogP) is 1.83. The minimum Gasteiger partial charge on any atom is -0.447 e. The van der Waals surface area contributed by atoms with Gasteiger partial charge in [-0.2, -0.15) is 0 Å². The van der Waals surface area contributed by atoms with Gasteiger partial charge >= 0.3 is 0 Å². The first-order chi connectivity index (χ1) is 5.27. The molecule has 1 N–H and O–H groups in total. The van der Waals surface area contributed by atoms with Crippen molar-refractivity contribution in [1.82, 2.24) is 5.32 Å². The molecule has 0 saturated carbocycles. The largest absolute Gasteiger partial charge is 0.447 e. The van der Waals surface area contributed by atoms with Gasteiger partial charge in [0.25, 0.3) is 0 Å². The zero-order valence-corrected chi connectivity index (χ0v) is 6.85. The molecule has 1 aromatic heterocycles. The number of terminal acetylenes is 1. The fraction of sp³-hybridized carbons (Fsp3) is 0.250. The van der Waals surface area contributed by atoms with E-state index in [1.165, 1.54) is 0 Å². The molecule has 11 heavy (non-hydrogen) atoms. The van der Waals surface area contributed by atoms with Crippen LogP contribution in [0.15, 0.2) is 16.5 Å². The van der Waals surface area contributed by atoms with Crippen LogP contribution in [-0.2, 0) is 0 Å². The molecule has 0 aromatic carbocycles. The average Bonchev–Trinajstić information content (AvgIpc) is 2.39. The predicted molar refractivity (Wildman–Crippen MR) is 44.4 cm³/mol. The van der Waals surface area contributed by atoms with E-state index in [1.807, 2.05) is 0 Å². The number of hydrogen-bond donors (Lipinski definition) is 1. The highest BCUT2D eigenvalue weighted by Crippen LogP contribution is 2.18. The number of nitrogens with one attached hydrogen (secondary N) is 1. The fourth-order valence-corrected chi connectivity index (χ4v) is 0.943. The summed E-state index contributed by atoms with van der Waals surface area (Å²) in [6.45, 7) is 0. The number of hydrogen-bond acceptors (Lipinski definition) is 2. The first-order valence-electron chi connectivity index (χ1n) is 3.16. The van der Waals surface area contributed by atoms with Crippen LogP contribution >= 0.6 is 11.6 Å². The van der Waals surface area contributed by atoms with E-state index in [0.29, 0.717) is 11.0 Å². The lowest BCUT2D eigenvalue weighted by Gasteiger charge is -2.03. The van der Waals surface area contributed by atoms with Gasteiger partial charge < -0.3 is 9.73 Å². The highest BCUT2D eigenvalue weighted by atomic mass is 35.5. The third-order valence-electron chi connectivity index (χ3n) is 1.33. The van der Waals surface area contributed by atoms with E-state index in [-0.39, 0.29) is 6.04 Å². The summed E-state index contributed by atoms with van der Waals surface area (Å²) in [5.74, 6) is 3.18. The summed E-state index contributed by atoms with van der Waals surface area (Å²) < 4.78 is 5.09. The second-order valence-corrected chi connectivity index (χ2v) is 2.40. The second-order valence-electron chi connectivity index (χ2n) is 2.03. The van der Waals surface area contributed by atoms with E-state index < -0.39 is 0 Å². The lowest BCUT2D eigenvalue weighted by atomic mass is 10.2. The monoisotopic (exact) mass is 169 g/mol.